The number of benzene rings is 2. The molecule has 148 valence electrons. The van der Waals surface area contributed by atoms with E-state index in [0.717, 1.165) is 30.0 Å². The monoisotopic (exact) mass is 400 g/mol. The fourth-order valence-corrected chi connectivity index (χ4v) is 3.12. The highest BCUT2D eigenvalue weighted by molar-refractivity contribution is 6.30. The van der Waals surface area contributed by atoms with Crippen molar-refractivity contribution >= 4 is 29.2 Å². The Labute approximate surface area is 170 Å². The van der Waals surface area contributed by atoms with Crippen LogP contribution in [0.3, 0.4) is 0 Å². The van der Waals surface area contributed by atoms with Gasteiger partial charge in [-0.15, -0.1) is 0 Å². The summed E-state index contributed by atoms with van der Waals surface area (Å²) in [5, 5.41) is 7.18. The predicted octanol–water partition coefficient (Wildman–Crippen LogP) is 3.21. The predicted molar refractivity (Wildman–Crippen MR) is 113 cm³/mol. The van der Waals surface area contributed by atoms with Crippen LogP contribution in [0.5, 0.6) is 5.75 Å². The standard InChI is InChI=1S/C21H25ClN4O2/c1-23-21(24-12-14-28-19-10-6-17(22)7-11-19)25-15-16-4-8-18(9-5-16)26-13-2-3-20(26)27/h4-11H,2-3,12-15H2,1H3,(H2,23,24,25). The Bertz CT molecular complexity index is 806. The Morgan fingerprint density at radius 2 is 1.89 bits per heavy atom. The maximum atomic E-state index is 11.8. The highest BCUT2D eigenvalue weighted by atomic mass is 35.5. The van der Waals surface area contributed by atoms with Gasteiger partial charge in [0.25, 0.3) is 0 Å². The number of anilines is 1. The molecule has 0 spiro atoms. The molecule has 0 aliphatic carbocycles. The molecule has 6 nitrogen and oxygen atoms in total. The molecule has 1 fully saturated rings. The Hall–Kier alpha value is -2.73. The van der Waals surface area contributed by atoms with Crippen molar-refractivity contribution < 1.29 is 9.53 Å². The number of guanidine groups is 1. The van der Waals surface area contributed by atoms with E-state index in [1.165, 1.54) is 0 Å². The topological polar surface area (TPSA) is 66.0 Å². The normalized spacial score (nSPS) is 14.3. The first-order valence-corrected chi connectivity index (χ1v) is 9.76. The molecule has 2 aromatic carbocycles. The van der Waals surface area contributed by atoms with Crippen LogP contribution >= 0.6 is 11.6 Å². The number of halogens is 1. The molecule has 1 amide bonds. The highest BCUT2D eigenvalue weighted by Gasteiger charge is 2.21. The van der Waals surface area contributed by atoms with Gasteiger partial charge < -0.3 is 20.3 Å². The second kappa shape index (κ2) is 9.99. The van der Waals surface area contributed by atoms with E-state index in [0.29, 0.717) is 37.1 Å². The number of nitrogens with one attached hydrogen (secondary N) is 2. The third-order valence-corrected chi connectivity index (χ3v) is 4.73. The second-order valence-electron chi connectivity index (χ2n) is 6.47. The molecule has 1 aliphatic heterocycles. The zero-order valence-corrected chi connectivity index (χ0v) is 16.7. The lowest BCUT2D eigenvalue weighted by Crippen LogP contribution is -2.38. The van der Waals surface area contributed by atoms with Gasteiger partial charge in [0.15, 0.2) is 5.96 Å². The Balaban J connectivity index is 1.40. The zero-order valence-electron chi connectivity index (χ0n) is 16.0. The minimum atomic E-state index is 0.205. The van der Waals surface area contributed by atoms with Crippen molar-refractivity contribution in [2.24, 2.45) is 4.99 Å². The second-order valence-corrected chi connectivity index (χ2v) is 6.91. The van der Waals surface area contributed by atoms with Gasteiger partial charge >= 0.3 is 0 Å². The first-order valence-electron chi connectivity index (χ1n) is 9.38. The van der Waals surface area contributed by atoms with Gasteiger partial charge in [0.1, 0.15) is 12.4 Å². The van der Waals surface area contributed by atoms with E-state index in [1.807, 2.05) is 41.3 Å². The van der Waals surface area contributed by atoms with Gasteiger partial charge in [0.2, 0.25) is 5.91 Å². The number of ether oxygens (including phenoxy) is 1. The van der Waals surface area contributed by atoms with Gasteiger partial charge in [0.05, 0.1) is 6.54 Å². The molecule has 3 rings (SSSR count). The fraction of sp³-hybridized carbons (Fsp3) is 0.333. The van der Waals surface area contributed by atoms with E-state index in [4.69, 9.17) is 16.3 Å². The van der Waals surface area contributed by atoms with E-state index in [9.17, 15) is 4.79 Å². The molecule has 7 heteroatoms. The number of hydrogen-bond donors (Lipinski definition) is 2. The van der Waals surface area contributed by atoms with Crippen LogP contribution in [0.15, 0.2) is 53.5 Å². The quantitative estimate of drug-likeness (QED) is 0.425. The average Bonchev–Trinajstić information content (AvgIpc) is 3.15. The minimum absolute atomic E-state index is 0.205. The fourth-order valence-electron chi connectivity index (χ4n) is 2.99. The first-order chi connectivity index (χ1) is 13.7. The van der Waals surface area contributed by atoms with Crippen molar-refractivity contribution in [3.05, 3.63) is 59.1 Å². The lowest BCUT2D eigenvalue weighted by molar-refractivity contribution is -0.117. The lowest BCUT2D eigenvalue weighted by Gasteiger charge is -2.16. The molecule has 0 atom stereocenters. The van der Waals surface area contributed by atoms with Crippen LogP contribution in [-0.2, 0) is 11.3 Å². The van der Waals surface area contributed by atoms with Gasteiger partial charge in [-0.1, -0.05) is 23.7 Å². The molecule has 0 unspecified atom stereocenters. The summed E-state index contributed by atoms with van der Waals surface area (Å²) in [5.41, 5.74) is 2.09. The molecule has 1 saturated heterocycles. The number of aliphatic imine (C=N–C) groups is 1. The van der Waals surface area contributed by atoms with Crippen LogP contribution in [0.1, 0.15) is 18.4 Å². The van der Waals surface area contributed by atoms with Crippen LogP contribution in [0, 0.1) is 0 Å². The summed E-state index contributed by atoms with van der Waals surface area (Å²) in [4.78, 5) is 17.9. The molecule has 0 aromatic heterocycles. The van der Waals surface area contributed by atoms with E-state index < -0.39 is 0 Å². The number of nitrogens with zero attached hydrogens (tertiary/aromatic N) is 2. The van der Waals surface area contributed by atoms with E-state index in [-0.39, 0.29) is 5.91 Å². The SMILES string of the molecule is CN=C(NCCOc1ccc(Cl)cc1)NCc1ccc(N2CCCC2=O)cc1. The Morgan fingerprint density at radius 3 is 2.54 bits per heavy atom. The van der Waals surface area contributed by atoms with Crippen molar-refractivity contribution in [2.45, 2.75) is 19.4 Å². The van der Waals surface area contributed by atoms with Gasteiger partial charge in [-0.3, -0.25) is 9.79 Å². The van der Waals surface area contributed by atoms with Crippen LogP contribution in [-0.4, -0.2) is 38.6 Å². The third-order valence-electron chi connectivity index (χ3n) is 4.48. The van der Waals surface area contributed by atoms with Crippen molar-refractivity contribution in [3.8, 4) is 5.75 Å². The Morgan fingerprint density at radius 1 is 1.14 bits per heavy atom. The summed E-state index contributed by atoms with van der Waals surface area (Å²) in [6.07, 6.45) is 1.58. The summed E-state index contributed by atoms with van der Waals surface area (Å²) >= 11 is 5.86. The molecule has 0 bridgehead atoms. The van der Waals surface area contributed by atoms with Crippen molar-refractivity contribution in [1.29, 1.82) is 0 Å². The summed E-state index contributed by atoms with van der Waals surface area (Å²) in [6, 6.07) is 15.3. The molecule has 0 saturated carbocycles. The first kappa shape index (κ1) is 20.0. The maximum Gasteiger partial charge on any atom is 0.227 e. The van der Waals surface area contributed by atoms with Gasteiger partial charge in [-0.05, 0) is 48.4 Å². The molecule has 28 heavy (non-hydrogen) atoms. The molecule has 2 N–H and O–H groups in total. The van der Waals surface area contributed by atoms with Crippen molar-refractivity contribution in [2.75, 3.05) is 31.6 Å². The number of carbonyl (C=O) groups is 1. The molecular formula is C21H25ClN4O2. The number of hydrogen-bond acceptors (Lipinski definition) is 3. The van der Waals surface area contributed by atoms with Gasteiger partial charge in [-0.2, -0.15) is 0 Å². The smallest absolute Gasteiger partial charge is 0.227 e. The largest absolute Gasteiger partial charge is 0.492 e. The average molecular weight is 401 g/mol. The molecule has 2 aromatic rings. The summed E-state index contributed by atoms with van der Waals surface area (Å²) in [5.74, 6) is 1.69. The van der Waals surface area contributed by atoms with Crippen molar-refractivity contribution in [1.82, 2.24) is 10.6 Å². The summed E-state index contributed by atoms with van der Waals surface area (Å²) in [6.45, 7) is 2.59. The third kappa shape index (κ3) is 5.63. The Kier molecular flexibility index (Phi) is 7.14. The number of amides is 1. The van der Waals surface area contributed by atoms with Crippen molar-refractivity contribution in [3.63, 3.8) is 0 Å². The van der Waals surface area contributed by atoms with Gasteiger partial charge in [-0.25, -0.2) is 0 Å². The lowest BCUT2D eigenvalue weighted by atomic mass is 10.2. The number of rotatable bonds is 7. The van der Waals surface area contributed by atoms with Crippen LogP contribution in [0.25, 0.3) is 0 Å². The molecule has 1 aliphatic rings. The zero-order chi connectivity index (χ0) is 19.8. The van der Waals surface area contributed by atoms with E-state index in [2.05, 4.69) is 15.6 Å². The van der Waals surface area contributed by atoms with Gasteiger partial charge in [0, 0.05) is 37.3 Å². The number of carbonyl (C=O) groups excluding carboxylic acids is 1. The van der Waals surface area contributed by atoms with E-state index in [1.54, 1.807) is 19.2 Å². The van der Waals surface area contributed by atoms with Crippen LogP contribution in [0.4, 0.5) is 5.69 Å². The highest BCUT2D eigenvalue weighted by Crippen LogP contribution is 2.21. The van der Waals surface area contributed by atoms with Crippen LogP contribution in [0.2, 0.25) is 5.02 Å². The van der Waals surface area contributed by atoms with Crippen LogP contribution < -0.4 is 20.3 Å². The van der Waals surface area contributed by atoms with E-state index >= 15 is 0 Å². The molecule has 1 heterocycles. The summed E-state index contributed by atoms with van der Waals surface area (Å²) < 4.78 is 5.65. The summed E-state index contributed by atoms with van der Waals surface area (Å²) in [7, 11) is 1.73. The maximum absolute atomic E-state index is 11.8. The molecule has 0 radical (unpaired) electrons. The molecular weight excluding hydrogens is 376 g/mol. The minimum Gasteiger partial charge on any atom is -0.492 e.